The quantitative estimate of drug-likeness (QED) is 0.777. The van der Waals surface area contributed by atoms with Crippen LogP contribution in [0, 0.1) is 0 Å². The first-order valence-electron chi connectivity index (χ1n) is 8.50. The second-order valence-corrected chi connectivity index (χ2v) is 6.64. The van der Waals surface area contributed by atoms with Crippen LogP contribution in [0.5, 0.6) is 0 Å². The number of likely N-dealkylation sites (tertiary alicyclic amines) is 2. The number of hydrogen-bond donors (Lipinski definition) is 0. The maximum absolute atomic E-state index is 5.92. The Morgan fingerprint density at radius 1 is 0.789 bits per heavy atom. The fourth-order valence-electron chi connectivity index (χ4n) is 4.00. The van der Waals surface area contributed by atoms with Gasteiger partial charge in [0.05, 0.1) is 6.10 Å². The minimum atomic E-state index is 0.524. The van der Waals surface area contributed by atoms with E-state index in [0.717, 1.165) is 12.6 Å². The predicted molar refractivity (Wildman–Crippen MR) is 78.5 cm³/mol. The van der Waals surface area contributed by atoms with Gasteiger partial charge in [-0.2, -0.15) is 0 Å². The molecule has 0 aromatic carbocycles. The van der Waals surface area contributed by atoms with Crippen LogP contribution in [0.15, 0.2) is 0 Å². The van der Waals surface area contributed by atoms with E-state index in [9.17, 15) is 0 Å². The average molecular weight is 266 g/mol. The molecule has 110 valence electrons. The summed E-state index contributed by atoms with van der Waals surface area (Å²) in [5.74, 6) is 0. The first kappa shape index (κ1) is 13.8. The van der Waals surface area contributed by atoms with Crippen molar-refractivity contribution in [1.82, 2.24) is 9.80 Å². The Balaban J connectivity index is 1.46. The van der Waals surface area contributed by atoms with Crippen molar-refractivity contribution in [3.05, 3.63) is 0 Å². The van der Waals surface area contributed by atoms with Crippen LogP contribution in [0.3, 0.4) is 0 Å². The summed E-state index contributed by atoms with van der Waals surface area (Å²) in [6, 6.07) is 0.809. The molecule has 3 nitrogen and oxygen atoms in total. The summed E-state index contributed by atoms with van der Waals surface area (Å²) < 4.78 is 5.92. The highest BCUT2D eigenvalue weighted by Gasteiger charge is 2.29. The molecular weight excluding hydrogens is 236 g/mol. The fourth-order valence-corrected chi connectivity index (χ4v) is 4.00. The Kier molecular flexibility index (Phi) is 5.14. The summed E-state index contributed by atoms with van der Waals surface area (Å²) in [5, 5.41) is 0. The van der Waals surface area contributed by atoms with Gasteiger partial charge in [-0.15, -0.1) is 0 Å². The van der Waals surface area contributed by atoms with Gasteiger partial charge < -0.3 is 9.64 Å². The molecule has 3 heteroatoms. The zero-order valence-corrected chi connectivity index (χ0v) is 12.4. The van der Waals surface area contributed by atoms with Crippen LogP contribution in [-0.4, -0.2) is 61.3 Å². The molecule has 19 heavy (non-hydrogen) atoms. The van der Waals surface area contributed by atoms with Crippen LogP contribution in [0.2, 0.25) is 0 Å². The number of piperidine rings is 1. The van der Waals surface area contributed by atoms with E-state index in [1.165, 1.54) is 84.1 Å². The van der Waals surface area contributed by atoms with E-state index in [-0.39, 0.29) is 0 Å². The van der Waals surface area contributed by atoms with E-state index >= 15 is 0 Å². The van der Waals surface area contributed by atoms with Gasteiger partial charge in [-0.25, -0.2) is 0 Å². The lowest BCUT2D eigenvalue weighted by Crippen LogP contribution is -2.45. The summed E-state index contributed by atoms with van der Waals surface area (Å²) in [5.41, 5.74) is 0. The summed E-state index contributed by atoms with van der Waals surface area (Å²) in [7, 11) is 0. The van der Waals surface area contributed by atoms with Gasteiger partial charge in [0.2, 0.25) is 0 Å². The fraction of sp³-hybridized carbons (Fsp3) is 1.00. The monoisotopic (exact) mass is 266 g/mol. The number of hydrogen-bond acceptors (Lipinski definition) is 3. The lowest BCUT2D eigenvalue weighted by Gasteiger charge is -2.35. The lowest BCUT2D eigenvalue weighted by molar-refractivity contribution is -0.0105. The van der Waals surface area contributed by atoms with Crippen molar-refractivity contribution in [3.8, 4) is 0 Å². The molecule has 2 atom stereocenters. The van der Waals surface area contributed by atoms with E-state index in [1.54, 1.807) is 0 Å². The number of nitrogens with zero attached hydrogens (tertiary/aromatic N) is 2. The highest BCUT2D eigenvalue weighted by atomic mass is 16.5. The Bertz CT molecular complexity index is 233. The van der Waals surface area contributed by atoms with E-state index in [1.807, 2.05) is 0 Å². The van der Waals surface area contributed by atoms with Gasteiger partial charge in [-0.1, -0.05) is 6.42 Å². The van der Waals surface area contributed by atoms with Crippen LogP contribution >= 0.6 is 0 Å². The molecule has 0 aromatic heterocycles. The minimum absolute atomic E-state index is 0.524. The topological polar surface area (TPSA) is 15.7 Å². The molecule has 3 heterocycles. The third-order valence-corrected chi connectivity index (χ3v) is 5.13. The lowest BCUT2D eigenvalue weighted by atomic mass is 10.1. The molecule has 0 amide bonds. The molecule has 0 aromatic rings. The molecule has 0 unspecified atom stereocenters. The summed E-state index contributed by atoms with van der Waals surface area (Å²) >= 11 is 0. The zero-order valence-electron chi connectivity index (χ0n) is 12.4. The van der Waals surface area contributed by atoms with E-state index < -0.39 is 0 Å². The Labute approximate surface area is 118 Å². The Hall–Kier alpha value is -0.120. The van der Waals surface area contributed by atoms with Crippen molar-refractivity contribution in [3.63, 3.8) is 0 Å². The Morgan fingerprint density at radius 2 is 1.68 bits per heavy atom. The number of ether oxygens (including phenoxy) is 1. The predicted octanol–water partition coefficient (Wildman–Crippen LogP) is 2.51. The van der Waals surface area contributed by atoms with Gasteiger partial charge in [0, 0.05) is 25.7 Å². The third kappa shape index (κ3) is 3.93. The molecule has 0 N–H and O–H groups in total. The van der Waals surface area contributed by atoms with Crippen molar-refractivity contribution in [2.24, 2.45) is 0 Å². The zero-order chi connectivity index (χ0) is 12.9. The van der Waals surface area contributed by atoms with Crippen LogP contribution in [0.4, 0.5) is 0 Å². The molecule has 0 bridgehead atoms. The van der Waals surface area contributed by atoms with Crippen LogP contribution in [0.1, 0.15) is 51.4 Å². The van der Waals surface area contributed by atoms with E-state index in [2.05, 4.69) is 9.80 Å². The number of rotatable bonds is 4. The molecule has 0 aliphatic carbocycles. The highest BCUT2D eigenvalue weighted by molar-refractivity contribution is 4.85. The largest absolute Gasteiger partial charge is 0.377 e. The highest BCUT2D eigenvalue weighted by Crippen LogP contribution is 2.23. The molecule has 0 saturated carbocycles. The van der Waals surface area contributed by atoms with Gasteiger partial charge in [0.15, 0.2) is 0 Å². The van der Waals surface area contributed by atoms with Crippen molar-refractivity contribution in [2.75, 3.05) is 39.3 Å². The Morgan fingerprint density at radius 3 is 2.47 bits per heavy atom. The second-order valence-electron chi connectivity index (χ2n) is 6.64. The average Bonchev–Trinajstić information content (AvgIpc) is 2.88. The van der Waals surface area contributed by atoms with Crippen molar-refractivity contribution < 1.29 is 4.74 Å². The molecule has 3 aliphatic heterocycles. The van der Waals surface area contributed by atoms with E-state index in [0.29, 0.717) is 6.10 Å². The maximum atomic E-state index is 5.92. The first-order chi connectivity index (χ1) is 9.42. The van der Waals surface area contributed by atoms with E-state index in [4.69, 9.17) is 4.74 Å². The van der Waals surface area contributed by atoms with Gasteiger partial charge in [0.1, 0.15) is 0 Å². The van der Waals surface area contributed by atoms with Gasteiger partial charge >= 0.3 is 0 Å². The SMILES string of the molecule is C1CCN(C[C@@H]2CCCN2C[C@H]2CCCCO2)CC1. The smallest absolute Gasteiger partial charge is 0.0702 e. The molecule has 3 aliphatic rings. The normalized spacial score (nSPS) is 34.7. The minimum Gasteiger partial charge on any atom is -0.377 e. The van der Waals surface area contributed by atoms with Crippen molar-refractivity contribution in [1.29, 1.82) is 0 Å². The summed E-state index contributed by atoms with van der Waals surface area (Å²) in [6.07, 6.45) is 11.5. The van der Waals surface area contributed by atoms with Crippen molar-refractivity contribution >= 4 is 0 Å². The molecule has 0 radical (unpaired) electrons. The summed E-state index contributed by atoms with van der Waals surface area (Å²) in [4.78, 5) is 5.43. The third-order valence-electron chi connectivity index (χ3n) is 5.13. The van der Waals surface area contributed by atoms with Crippen LogP contribution in [-0.2, 0) is 4.74 Å². The van der Waals surface area contributed by atoms with Crippen molar-refractivity contribution in [2.45, 2.75) is 63.5 Å². The van der Waals surface area contributed by atoms with Crippen LogP contribution in [0.25, 0.3) is 0 Å². The van der Waals surface area contributed by atoms with Gasteiger partial charge in [-0.05, 0) is 64.6 Å². The molecule has 3 rings (SSSR count). The van der Waals surface area contributed by atoms with Gasteiger partial charge in [0.25, 0.3) is 0 Å². The van der Waals surface area contributed by atoms with Crippen LogP contribution < -0.4 is 0 Å². The molecular formula is C16H30N2O. The first-order valence-corrected chi connectivity index (χ1v) is 8.50. The standard InChI is InChI=1S/C16H30N2O/c1-3-9-17(10-4-1)13-15-7-6-11-18(15)14-16-8-2-5-12-19-16/h15-16H,1-14H2/t15-,16+/m0/s1. The van der Waals surface area contributed by atoms with Gasteiger partial charge in [-0.3, -0.25) is 4.90 Å². The summed E-state index contributed by atoms with van der Waals surface area (Å²) in [6.45, 7) is 7.48. The molecule has 0 spiro atoms. The molecule has 3 fully saturated rings. The second kappa shape index (κ2) is 7.05. The maximum Gasteiger partial charge on any atom is 0.0702 e. The molecule has 3 saturated heterocycles.